The van der Waals surface area contributed by atoms with Gasteiger partial charge in [0.05, 0.1) is 31.2 Å². The van der Waals surface area contributed by atoms with Crippen molar-refractivity contribution in [2.45, 2.75) is 70.2 Å². The average molecular weight is 587 g/mol. The maximum absolute atomic E-state index is 14.0. The van der Waals surface area contributed by atoms with Crippen LogP contribution in [0.2, 0.25) is 0 Å². The predicted octanol–water partition coefficient (Wildman–Crippen LogP) is 4.94. The van der Waals surface area contributed by atoms with Crippen molar-refractivity contribution in [2.24, 2.45) is 11.8 Å². The highest BCUT2D eigenvalue weighted by Crippen LogP contribution is 2.37. The SMILES string of the molecule is COC(=O)[C@@H]1Cc2ccccc2[C@H]1NC(=O)[C@H](Cc1ccccc1)C[C@H](O)[C@H](Cc1ccccc1)NC(=O)OC(C)(C)C. The molecule has 0 radical (unpaired) electrons. The van der Waals surface area contributed by atoms with E-state index >= 15 is 0 Å². The Labute approximate surface area is 253 Å². The summed E-state index contributed by atoms with van der Waals surface area (Å²) >= 11 is 0. The number of hydrogen-bond donors (Lipinski definition) is 3. The van der Waals surface area contributed by atoms with Crippen LogP contribution in [0.5, 0.6) is 0 Å². The zero-order valence-electron chi connectivity index (χ0n) is 25.3. The Morgan fingerprint density at radius 3 is 2.07 bits per heavy atom. The highest BCUT2D eigenvalue weighted by molar-refractivity contribution is 5.82. The normalized spacial score (nSPS) is 18.1. The quantitative estimate of drug-likeness (QED) is 0.275. The Bertz CT molecular complexity index is 1370. The number of nitrogens with one attached hydrogen (secondary N) is 2. The summed E-state index contributed by atoms with van der Waals surface area (Å²) in [5, 5.41) is 17.6. The standard InChI is InChI=1S/C35H42N2O6/c1-35(2,3)43-34(41)36-29(20-24-15-9-6-10-16-24)30(38)22-26(19-23-13-7-5-8-14-23)32(39)37-31-27-18-12-11-17-25(27)21-28(31)33(40)42-4/h5-18,26,28-31,38H,19-22H2,1-4H3,(H,36,41)(H,37,39)/t26-,28-,29+,30+,31-/m1/s1. The molecule has 1 aliphatic rings. The molecule has 0 saturated carbocycles. The highest BCUT2D eigenvalue weighted by atomic mass is 16.6. The van der Waals surface area contributed by atoms with E-state index in [-0.39, 0.29) is 18.3 Å². The number of carbonyl (C=O) groups excluding carboxylic acids is 3. The monoisotopic (exact) mass is 586 g/mol. The fraction of sp³-hybridized carbons (Fsp3) is 0.400. The minimum atomic E-state index is -1.07. The first-order valence-electron chi connectivity index (χ1n) is 14.8. The minimum absolute atomic E-state index is 0.0747. The van der Waals surface area contributed by atoms with Gasteiger partial charge in [-0.3, -0.25) is 9.59 Å². The number of methoxy groups -OCH3 is 1. The summed E-state index contributed by atoms with van der Waals surface area (Å²) in [6.07, 6.45) is -0.448. The lowest BCUT2D eigenvalue weighted by molar-refractivity contribution is -0.146. The fourth-order valence-corrected chi connectivity index (χ4v) is 5.66. The Hall–Kier alpha value is -4.17. The molecule has 8 heteroatoms. The lowest BCUT2D eigenvalue weighted by Crippen LogP contribution is -2.48. The van der Waals surface area contributed by atoms with Crippen LogP contribution in [0.15, 0.2) is 84.9 Å². The Morgan fingerprint density at radius 1 is 0.884 bits per heavy atom. The summed E-state index contributed by atoms with van der Waals surface area (Å²) in [6.45, 7) is 5.33. The van der Waals surface area contributed by atoms with Gasteiger partial charge in [0.15, 0.2) is 0 Å². The van der Waals surface area contributed by atoms with E-state index in [9.17, 15) is 19.5 Å². The van der Waals surface area contributed by atoms with Gasteiger partial charge in [0.25, 0.3) is 0 Å². The Balaban J connectivity index is 1.58. The second-order valence-corrected chi connectivity index (χ2v) is 12.2. The van der Waals surface area contributed by atoms with Crippen LogP contribution >= 0.6 is 0 Å². The molecule has 0 heterocycles. The first-order chi connectivity index (χ1) is 20.5. The van der Waals surface area contributed by atoms with Crippen LogP contribution < -0.4 is 10.6 Å². The molecular formula is C35H42N2O6. The third-order valence-corrected chi connectivity index (χ3v) is 7.72. The van der Waals surface area contributed by atoms with Crippen LogP contribution in [0.1, 0.15) is 55.5 Å². The second-order valence-electron chi connectivity index (χ2n) is 12.2. The number of esters is 1. The Kier molecular flexibility index (Phi) is 10.6. The maximum Gasteiger partial charge on any atom is 0.407 e. The molecule has 0 unspecified atom stereocenters. The van der Waals surface area contributed by atoms with Crippen LogP contribution in [0.4, 0.5) is 4.79 Å². The number of fused-ring (bicyclic) bond motifs is 1. The zero-order chi connectivity index (χ0) is 31.0. The molecule has 8 nitrogen and oxygen atoms in total. The summed E-state index contributed by atoms with van der Waals surface area (Å²) in [5.74, 6) is -1.87. The summed E-state index contributed by atoms with van der Waals surface area (Å²) in [6, 6.07) is 25.6. The number of amides is 2. The molecule has 0 saturated heterocycles. The van der Waals surface area contributed by atoms with E-state index < -0.39 is 41.7 Å². The number of aliphatic hydroxyl groups is 1. The van der Waals surface area contributed by atoms with Crippen molar-refractivity contribution in [3.8, 4) is 0 Å². The first kappa shape index (κ1) is 31.8. The largest absolute Gasteiger partial charge is 0.469 e. The number of carbonyl (C=O) groups is 3. The molecule has 43 heavy (non-hydrogen) atoms. The summed E-state index contributed by atoms with van der Waals surface area (Å²) in [4.78, 5) is 39.5. The van der Waals surface area contributed by atoms with Crippen LogP contribution in [-0.2, 0) is 38.3 Å². The van der Waals surface area contributed by atoms with Crippen molar-refractivity contribution in [3.63, 3.8) is 0 Å². The first-order valence-corrected chi connectivity index (χ1v) is 14.8. The van der Waals surface area contributed by atoms with E-state index in [1.165, 1.54) is 7.11 Å². The molecule has 3 N–H and O–H groups in total. The van der Waals surface area contributed by atoms with Crippen LogP contribution in [0.25, 0.3) is 0 Å². The molecule has 3 aromatic rings. The van der Waals surface area contributed by atoms with Crippen molar-refractivity contribution in [2.75, 3.05) is 7.11 Å². The van der Waals surface area contributed by atoms with Gasteiger partial charge in [-0.1, -0.05) is 84.9 Å². The second kappa shape index (κ2) is 14.3. The van der Waals surface area contributed by atoms with Crippen molar-refractivity contribution < 1.29 is 29.0 Å². The molecule has 0 aromatic heterocycles. The van der Waals surface area contributed by atoms with Gasteiger partial charge in [0.1, 0.15) is 5.60 Å². The minimum Gasteiger partial charge on any atom is -0.469 e. The van der Waals surface area contributed by atoms with Gasteiger partial charge in [0.2, 0.25) is 5.91 Å². The van der Waals surface area contributed by atoms with E-state index in [2.05, 4.69) is 10.6 Å². The van der Waals surface area contributed by atoms with Crippen LogP contribution in [0, 0.1) is 11.8 Å². The Morgan fingerprint density at radius 2 is 1.47 bits per heavy atom. The van der Waals surface area contributed by atoms with Crippen molar-refractivity contribution >= 4 is 18.0 Å². The number of aliphatic hydroxyl groups excluding tert-OH is 1. The number of rotatable bonds is 11. The number of benzene rings is 3. The predicted molar refractivity (Wildman–Crippen MR) is 164 cm³/mol. The van der Waals surface area contributed by atoms with Gasteiger partial charge < -0.3 is 25.2 Å². The molecule has 4 rings (SSSR count). The molecule has 1 aliphatic carbocycles. The van der Waals surface area contributed by atoms with E-state index in [1.807, 2.05) is 84.9 Å². The maximum atomic E-state index is 14.0. The summed E-state index contributed by atoms with van der Waals surface area (Å²) in [5.41, 5.74) is 3.03. The lowest BCUT2D eigenvalue weighted by atomic mass is 9.88. The van der Waals surface area contributed by atoms with Crippen molar-refractivity contribution in [1.82, 2.24) is 10.6 Å². The molecule has 3 aromatic carbocycles. The van der Waals surface area contributed by atoms with Gasteiger partial charge in [0, 0.05) is 5.92 Å². The molecule has 0 spiro atoms. The number of alkyl carbamates (subject to hydrolysis) is 1. The summed E-state index contributed by atoms with van der Waals surface area (Å²) < 4.78 is 10.6. The van der Waals surface area contributed by atoms with Gasteiger partial charge in [-0.15, -0.1) is 0 Å². The molecular weight excluding hydrogens is 544 g/mol. The molecule has 0 fully saturated rings. The van der Waals surface area contributed by atoms with Crippen molar-refractivity contribution in [1.29, 1.82) is 0 Å². The molecule has 228 valence electrons. The summed E-state index contributed by atoms with van der Waals surface area (Å²) in [7, 11) is 1.35. The van der Waals surface area contributed by atoms with E-state index in [0.29, 0.717) is 19.3 Å². The highest BCUT2D eigenvalue weighted by Gasteiger charge is 2.40. The van der Waals surface area contributed by atoms with Gasteiger partial charge >= 0.3 is 12.1 Å². The average Bonchev–Trinajstić information content (AvgIpc) is 3.34. The number of hydrogen-bond acceptors (Lipinski definition) is 6. The third kappa shape index (κ3) is 8.91. The van der Waals surface area contributed by atoms with E-state index in [0.717, 1.165) is 22.3 Å². The van der Waals surface area contributed by atoms with E-state index in [1.54, 1.807) is 20.8 Å². The fourth-order valence-electron chi connectivity index (χ4n) is 5.66. The van der Waals surface area contributed by atoms with Crippen LogP contribution in [-0.4, -0.2) is 47.9 Å². The third-order valence-electron chi connectivity index (χ3n) is 7.72. The topological polar surface area (TPSA) is 114 Å². The number of ether oxygens (including phenoxy) is 2. The molecule has 2 amide bonds. The zero-order valence-corrected chi connectivity index (χ0v) is 25.3. The lowest BCUT2D eigenvalue weighted by Gasteiger charge is -2.30. The van der Waals surface area contributed by atoms with Crippen LogP contribution in [0.3, 0.4) is 0 Å². The smallest absolute Gasteiger partial charge is 0.407 e. The molecule has 5 atom stereocenters. The molecule has 0 aliphatic heterocycles. The van der Waals surface area contributed by atoms with Gasteiger partial charge in [-0.25, -0.2) is 4.79 Å². The molecule has 0 bridgehead atoms. The van der Waals surface area contributed by atoms with Gasteiger partial charge in [-0.2, -0.15) is 0 Å². The van der Waals surface area contributed by atoms with Gasteiger partial charge in [-0.05, 0) is 68.7 Å². The van der Waals surface area contributed by atoms with Crippen molar-refractivity contribution in [3.05, 3.63) is 107 Å². The van der Waals surface area contributed by atoms with E-state index in [4.69, 9.17) is 9.47 Å².